The van der Waals surface area contributed by atoms with Gasteiger partial charge in [-0.15, -0.1) is 0 Å². The van der Waals surface area contributed by atoms with Crippen LogP contribution in [0.15, 0.2) is 21.6 Å². The van der Waals surface area contributed by atoms with Crippen LogP contribution in [0.2, 0.25) is 0 Å². The minimum atomic E-state index is -3.46. The smallest absolute Gasteiger partial charge is 0.276 e. The number of aliphatic hydroxyl groups is 1. The highest BCUT2D eigenvalue weighted by Gasteiger charge is 2.30. The fourth-order valence-corrected chi connectivity index (χ4v) is 4.90. The molecule has 3 rings (SSSR count). The van der Waals surface area contributed by atoms with Crippen LogP contribution in [0.5, 0.6) is 0 Å². The molecule has 1 atom stereocenters. The van der Waals surface area contributed by atoms with Crippen LogP contribution in [0.1, 0.15) is 38.4 Å². The number of rotatable bonds is 5. The number of piperidine rings is 1. The third kappa shape index (κ3) is 3.79. The van der Waals surface area contributed by atoms with Gasteiger partial charge in [0.15, 0.2) is 0 Å². The second kappa shape index (κ2) is 6.93. The molecule has 1 unspecified atom stereocenters. The van der Waals surface area contributed by atoms with Gasteiger partial charge in [0.25, 0.3) is 10.0 Å². The zero-order valence-corrected chi connectivity index (χ0v) is 14.5. The molecule has 0 bridgehead atoms. The number of nitrogens with zero attached hydrogens (tertiary/aromatic N) is 2. The topological polar surface area (TPSA) is 74.0 Å². The first-order valence-corrected chi connectivity index (χ1v) is 9.90. The van der Waals surface area contributed by atoms with Gasteiger partial charge >= 0.3 is 0 Å². The molecular weight excluding hydrogens is 316 g/mol. The van der Waals surface area contributed by atoms with Crippen molar-refractivity contribution in [2.45, 2.75) is 50.3 Å². The lowest BCUT2D eigenvalue weighted by atomic mass is 9.92. The zero-order valence-electron chi connectivity index (χ0n) is 13.6. The molecule has 1 aromatic heterocycles. The Balaban J connectivity index is 1.60. The fourth-order valence-electron chi connectivity index (χ4n) is 3.45. The molecule has 0 saturated carbocycles. The molecule has 7 heteroatoms. The molecular formula is C16H26N2O4S. The normalized spacial score (nSPS) is 23.4. The van der Waals surface area contributed by atoms with E-state index in [0.29, 0.717) is 31.3 Å². The Morgan fingerprint density at radius 1 is 1.22 bits per heavy atom. The summed E-state index contributed by atoms with van der Waals surface area (Å²) >= 11 is 0. The van der Waals surface area contributed by atoms with Gasteiger partial charge in [0.05, 0.1) is 12.6 Å². The van der Waals surface area contributed by atoms with Crippen molar-refractivity contribution in [2.24, 2.45) is 5.92 Å². The second-order valence-corrected chi connectivity index (χ2v) is 8.56. The van der Waals surface area contributed by atoms with Gasteiger partial charge in [-0.05, 0) is 63.7 Å². The number of hydrogen-bond acceptors (Lipinski definition) is 5. The second-order valence-electron chi connectivity index (χ2n) is 6.69. The van der Waals surface area contributed by atoms with E-state index in [0.717, 1.165) is 38.8 Å². The number of sulfonamides is 1. The lowest BCUT2D eigenvalue weighted by Gasteiger charge is -2.32. The summed E-state index contributed by atoms with van der Waals surface area (Å²) in [6, 6.07) is 3.34. The number of furan rings is 1. The quantitative estimate of drug-likeness (QED) is 0.881. The van der Waals surface area contributed by atoms with Crippen molar-refractivity contribution in [3.05, 3.63) is 17.9 Å². The Bertz CT molecular complexity index is 612. The third-order valence-electron chi connectivity index (χ3n) is 4.99. The summed E-state index contributed by atoms with van der Waals surface area (Å²) in [5.41, 5.74) is 0. The van der Waals surface area contributed by atoms with Crippen molar-refractivity contribution in [3.8, 4) is 0 Å². The van der Waals surface area contributed by atoms with Gasteiger partial charge in [-0.25, -0.2) is 8.42 Å². The van der Waals surface area contributed by atoms with E-state index in [1.807, 2.05) is 6.92 Å². The number of likely N-dealkylation sites (tertiary alicyclic amines) is 1. The molecule has 0 aliphatic carbocycles. The predicted molar refractivity (Wildman–Crippen MR) is 86.4 cm³/mol. The van der Waals surface area contributed by atoms with Crippen LogP contribution in [0.4, 0.5) is 0 Å². The fraction of sp³-hybridized carbons (Fsp3) is 0.750. The Kier molecular flexibility index (Phi) is 5.10. The van der Waals surface area contributed by atoms with E-state index in [1.54, 1.807) is 12.1 Å². The maximum Gasteiger partial charge on any atom is 0.276 e. The predicted octanol–water partition coefficient (Wildman–Crippen LogP) is 1.66. The van der Waals surface area contributed by atoms with Crippen molar-refractivity contribution >= 4 is 10.0 Å². The van der Waals surface area contributed by atoms with Gasteiger partial charge in [0.2, 0.25) is 5.09 Å². The third-order valence-corrected chi connectivity index (χ3v) is 6.76. The van der Waals surface area contributed by atoms with Gasteiger partial charge < -0.3 is 9.52 Å². The van der Waals surface area contributed by atoms with Gasteiger partial charge in [-0.2, -0.15) is 4.31 Å². The highest BCUT2D eigenvalue weighted by Crippen LogP contribution is 2.25. The van der Waals surface area contributed by atoms with Gasteiger partial charge in [0, 0.05) is 13.1 Å². The Morgan fingerprint density at radius 3 is 2.48 bits per heavy atom. The summed E-state index contributed by atoms with van der Waals surface area (Å²) in [5, 5.41) is 9.70. The molecule has 0 amide bonds. The molecule has 2 saturated heterocycles. The summed E-state index contributed by atoms with van der Waals surface area (Å²) in [7, 11) is -3.46. The summed E-state index contributed by atoms with van der Waals surface area (Å²) < 4.78 is 32.0. The van der Waals surface area contributed by atoms with Crippen molar-refractivity contribution in [3.63, 3.8) is 0 Å². The summed E-state index contributed by atoms with van der Waals surface area (Å²) in [6.07, 6.45) is 3.53. The molecule has 2 aliphatic heterocycles. The monoisotopic (exact) mass is 342 g/mol. The molecule has 1 N–H and O–H groups in total. The largest absolute Gasteiger partial charge is 0.447 e. The summed E-state index contributed by atoms with van der Waals surface area (Å²) in [5.74, 6) is 1.06. The SMILES string of the molecule is CC(O)C1CCN(Cc2ccc(S(=O)(=O)N3CCCC3)o2)CC1. The van der Waals surface area contributed by atoms with Crippen LogP contribution in [-0.2, 0) is 16.6 Å². The molecule has 23 heavy (non-hydrogen) atoms. The standard InChI is InChI=1S/C16H26N2O4S/c1-13(19)14-6-10-17(11-7-14)12-15-4-5-16(22-15)23(20,21)18-8-2-3-9-18/h4-5,13-14,19H,2-3,6-12H2,1H3. The van der Waals surface area contributed by atoms with Crippen molar-refractivity contribution in [1.29, 1.82) is 0 Å². The molecule has 2 fully saturated rings. The molecule has 2 aliphatic rings. The average molecular weight is 342 g/mol. The van der Waals surface area contributed by atoms with Crippen LogP contribution < -0.4 is 0 Å². The van der Waals surface area contributed by atoms with Gasteiger partial charge in [0.1, 0.15) is 5.76 Å². The molecule has 130 valence electrons. The molecule has 3 heterocycles. The van der Waals surface area contributed by atoms with Crippen molar-refractivity contribution < 1.29 is 17.9 Å². The van der Waals surface area contributed by atoms with E-state index in [2.05, 4.69) is 4.90 Å². The lowest BCUT2D eigenvalue weighted by molar-refractivity contribution is 0.0668. The molecule has 1 aromatic rings. The molecule has 6 nitrogen and oxygen atoms in total. The first-order valence-electron chi connectivity index (χ1n) is 8.46. The van der Waals surface area contributed by atoms with Gasteiger partial charge in [-0.3, -0.25) is 4.90 Å². The van der Waals surface area contributed by atoms with E-state index in [-0.39, 0.29) is 11.2 Å². The summed E-state index contributed by atoms with van der Waals surface area (Å²) in [6.45, 7) is 5.47. The van der Waals surface area contributed by atoms with E-state index in [1.165, 1.54) is 4.31 Å². The van der Waals surface area contributed by atoms with Crippen LogP contribution >= 0.6 is 0 Å². The molecule has 0 radical (unpaired) electrons. The lowest BCUT2D eigenvalue weighted by Crippen LogP contribution is -2.36. The van der Waals surface area contributed by atoms with E-state index < -0.39 is 10.0 Å². The van der Waals surface area contributed by atoms with Crippen LogP contribution in [0.3, 0.4) is 0 Å². The Labute approximate surface area is 138 Å². The maximum atomic E-state index is 12.4. The minimum absolute atomic E-state index is 0.0632. The van der Waals surface area contributed by atoms with Crippen LogP contribution in [0, 0.1) is 5.92 Å². The number of hydrogen-bond donors (Lipinski definition) is 1. The van der Waals surface area contributed by atoms with E-state index in [4.69, 9.17) is 4.42 Å². The molecule has 0 aromatic carbocycles. The Hall–Kier alpha value is -0.890. The highest BCUT2D eigenvalue weighted by atomic mass is 32.2. The van der Waals surface area contributed by atoms with Crippen LogP contribution in [-0.4, -0.2) is 55.0 Å². The maximum absolute atomic E-state index is 12.4. The zero-order chi connectivity index (χ0) is 16.4. The molecule has 0 spiro atoms. The highest BCUT2D eigenvalue weighted by molar-refractivity contribution is 7.89. The summed E-state index contributed by atoms with van der Waals surface area (Å²) in [4.78, 5) is 2.25. The van der Waals surface area contributed by atoms with Crippen molar-refractivity contribution in [1.82, 2.24) is 9.21 Å². The van der Waals surface area contributed by atoms with Crippen molar-refractivity contribution in [2.75, 3.05) is 26.2 Å². The minimum Gasteiger partial charge on any atom is -0.447 e. The first-order chi connectivity index (χ1) is 11.0. The first kappa shape index (κ1) is 17.0. The van der Waals surface area contributed by atoms with E-state index in [9.17, 15) is 13.5 Å². The Morgan fingerprint density at radius 2 is 1.87 bits per heavy atom. The number of aliphatic hydroxyl groups excluding tert-OH is 1. The average Bonchev–Trinajstić information content (AvgIpc) is 3.19. The van der Waals surface area contributed by atoms with Crippen LogP contribution in [0.25, 0.3) is 0 Å². The van der Waals surface area contributed by atoms with E-state index >= 15 is 0 Å². The van der Waals surface area contributed by atoms with Gasteiger partial charge in [-0.1, -0.05) is 0 Å².